The highest BCUT2D eigenvalue weighted by Gasteiger charge is 2.19. The molecule has 3 nitrogen and oxygen atoms in total. The van der Waals surface area contributed by atoms with E-state index in [1.807, 2.05) is 37.3 Å². The summed E-state index contributed by atoms with van der Waals surface area (Å²) in [6.07, 6.45) is 7.21. The van der Waals surface area contributed by atoms with Crippen molar-refractivity contribution in [2.24, 2.45) is 0 Å². The molecule has 2 aromatic carbocycles. The van der Waals surface area contributed by atoms with Crippen LogP contribution >= 0.6 is 0 Å². The molecule has 2 aromatic rings. The Balaban J connectivity index is 2.06. The van der Waals surface area contributed by atoms with E-state index in [2.05, 4.69) is 10.6 Å². The van der Waals surface area contributed by atoms with Crippen LogP contribution in [0, 0.1) is 19.3 Å². The summed E-state index contributed by atoms with van der Waals surface area (Å²) in [6.45, 7) is 1.92. The van der Waals surface area contributed by atoms with Gasteiger partial charge in [-0.3, -0.25) is 0 Å². The van der Waals surface area contributed by atoms with E-state index in [0.717, 1.165) is 12.0 Å². The molecule has 0 spiro atoms. The zero-order valence-electron chi connectivity index (χ0n) is 13.2. The van der Waals surface area contributed by atoms with Crippen molar-refractivity contribution in [3.63, 3.8) is 0 Å². The average molecular weight is 327 g/mol. The zero-order valence-corrected chi connectivity index (χ0v) is 14.0. The van der Waals surface area contributed by atoms with Crippen LogP contribution < -0.4 is 4.72 Å². The van der Waals surface area contributed by atoms with Gasteiger partial charge >= 0.3 is 0 Å². The van der Waals surface area contributed by atoms with Gasteiger partial charge in [-0.2, -0.15) is 0 Å². The van der Waals surface area contributed by atoms with Crippen molar-refractivity contribution >= 4 is 10.0 Å². The number of sulfonamides is 1. The van der Waals surface area contributed by atoms with Crippen LogP contribution in [0.3, 0.4) is 0 Å². The summed E-state index contributed by atoms with van der Waals surface area (Å²) < 4.78 is 27.7. The van der Waals surface area contributed by atoms with E-state index < -0.39 is 10.0 Å². The first-order valence-corrected chi connectivity index (χ1v) is 9.06. The molecule has 0 radical (unpaired) electrons. The number of nitrogens with one attached hydrogen (secondary N) is 1. The molecule has 0 saturated carbocycles. The first kappa shape index (κ1) is 17.3. The van der Waals surface area contributed by atoms with E-state index >= 15 is 0 Å². The van der Waals surface area contributed by atoms with Crippen molar-refractivity contribution in [3.05, 3.63) is 65.7 Å². The maximum absolute atomic E-state index is 12.5. The van der Waals surface area contributed by atoms with E-state index in [-0.39, 0.29) is 10.9 Å². The van der Waals surface area contributed by atoms with Crippen LogP contribution in [0.2, 0.25) is 0 Å². The maximum atomic E-state index is 12.5. The minimum atomic E-state index is -3.55. The molecular weight excluding hydrogens is 306 g/mol. The number of aryl methyl sites for hydroxylation is 2. The molecule has 0 aliphatic heterocycles. The summed E-state index contributed by atoms with van der Waals surface area (Å²) in [5.74, 6) is 2.56. The second kappa shape index (κ2) is 7.96. The van der Waals surface area contributed by atoms with Gasteiger partial charge in [-0.05, 0) is 37.5 Å². The summed E-state index contributed by atoms with van der Waals surface area (Å²) in [5.41, 5.74) is 2.19. The molecular formula is C19H21NO2S. The monoisotopic (exact) mass is 327 g/mol. The van der Waals surface area contributed by atoms with Gasteiger partial charge in [-0.25, -0.2) is 13.1 Å². The Hall–Kier alpha value is -2.09. The van der Waals surface area contributed by atoms with Gasteiger partial charge in [-0.15, -0.1) is 12.3 Å². The molecule has 120 valence electrons. The van der Waals surface area contributed by atoms with Gasteiger partial charge in [0.1, 0.15) is 0 Å². The van der Waals surface area contributed by atoms with Crippen molar-refractivity contribution in [1.29, 1.82) is 0 Å². The number of terminal acetylenes is 1. The SMILES string of the molecule is C#CC[C@@H](CCc1ccccc1)NS(=O)(=O)c1ccc(C)cc1. The van der Waals surface area contributed by atoms with E-state index in [0.29, 0.717) is 12.8 Å². The molecule has 1 N–H and O–H groups in total. The fourth-order valence-electron chi connectivity index (χ4n) is 2.34. The number of hydrogen-bond acceptors (Lipinski definition) is 2. The molecule has 1 atom stereocenters. The summed E-state index contributed by atoms with van der Waals surface area (Å²) >= 11 is 0. The van der Waals surface area contributed by atoms with E-state index in [9.17, 15) is 8.42 Å². The Bertz CT molecular complexity index is 759. The van der Waals surface area contributed by atoms with Crippen molar-refractivity contribution in [2.45, 2.75) is 37.1 Å². The van der Waals surface area contributed by atoms with E-state index in [4.69, 9.17) is 6.42 Å². The predicted molar refractivity (Wildman–Crippen MR) is 93.5 cm³/mol. The zero-order chi connectivity index (χ0) is 16.7. The Morgan fingerprint density at radius 2 is 1.74 bits per heavy atom. The normalized spacial score (nSPS) is 12.5. The average Bonchev–Trinajstić information content (AvgIpc) is 2.54. The third-order valence-electron chi connectivity index (χ3n) is 3.64. The molecule has 0 fully saturated rings. The summed E-state index contributed by atoms with van der Waals surface area (Å²) in [6, 6.07) is 16.5. The lowest BCUT2D eigenvalue weighted by Gasteiger charge is -2.17. The third-order valence-corrected chi connectivity index (χ3v) is 5.18. The Kier molecular flexibility index (Phi) is 5.97. The molecule has 2 rings (SSSR count). The number of benzene rings is 2. The lowest BCUT2D eigenvalue weighted by atomic mass is 10.0. The lowest BCUT2D eigenvalue weighted by Crippen LogP contribution is -2.35. The highest BCUT2D eigenvalue weighted by atomic mass is 32.2. The van der Waals surface area contributed by atoms with Crippen LogP contribution in [0.1, 0.15) is 24.0 Å². The van der Waals surface area contributed by atoms with Crippen molar-refractivity contribution < 1.29 is 8.42 Å². The molecule has 23 heavy (non-hydrogen) atoms. The minimum Gasteiger partial charge on any atom is -0.207 e. The van der Waals surface area contributed by atoms with Gasteiger partial charge in [0.25, 0.3) is 0 Å². The predicted octanol–water partition coefficient (Wildman–Crippen LogP) is 3.30. The smallest absolute Gasteiger partial charge is 0.207 e. The van der Waals surface area contributed by atoms with Crippen molar-refractivity contribution in [1.82, 2.24) is 4.72 Å². The van der Waals surface area contributed by atoms with Gasteiger partial charge in [0.15, 0.2) is 0 Å². The quantitative estimate of drug-likeness (QED) is 0.793. The van der Waals surface area contributed by atoms with Crippen LogP contribution in [-0.4, -0.2) is 14.5 Å². The Labute approximate surface area is 138 Å². The van der Waals surface area contributed by atoms with Crippen molar-refractivity contribution in [2.75, 3.05) is 0 Å². The van der Waals surface area contributed by atoms with Crippen LogP contribution in [0.4, 0.5) is 0 Å². The van der Waals surface area contributed by atoms with Gasteiger partial charge in [0.05, 0.1) is 4.90 Å². The van der Waals surface area contributed by atoms with Crippen LogP contribution in [0.15, 0.2) is 59.5 Å². The summed E-state index contributed by atoms with van der Waals surface area (Å²) in [5, 5.41) is 0. The van der Waals surface area contributed by atoms with Crippen molar-refractivity contribution in [3.8, 4) is 12.3 Å². The molecule has 0 heterocycles. The van der Waals surface area contributed by atoms with Gasteiger partial charge < -0.3 is 0 Å². The first-order chi connectivity index (χ1) is 11.0. The topological polar surface area (TPSA) is 46.2 Å². The van der Waals surface area contributed by atoms with Gasteiger partial charge in [-0.1, -0.05) is 48.0 Å². The minimum absolute atomic E-state index is 0.268. The molecule has 0 amide bonds. The molecule has 0 bridgehead atoms. The third kappa shape index (κ3) is 5.24. The number of hydrogen-bond donors (Lipinski definition) is 1. The summed E-state index contributed by atoms with van der Waals surface area (Å²) in [4.78, 5) is 0.268. The largest absolute Gasteiger partial charge is 0.240 e. The Morgan fingerprint density at radius 1 is 1.09 bits per heavy atom. The molecule has 0 aromatic heterocycles. The fourth-order valence-corrected chi connectivity index (χ4v) is 3.61. The van der Waals surface area contributed by atoms with Crippen LogP contribution in [0.5, 0.6) is 0 Å². The van der Waals surface area contributed by atoms with E-state index in [1.165, 1.54) is 5.56 Å². The first-order valence-electron chi connectivity index (χ1n) is 7.57. The standard InChI is InChI=1S/C19H21NO2S/c1-3-7-18(13-12-17-8-5-4-6-9-17)20-23(21,22)19-14-10-16(2)11-15-19/h1,4-6,8-11,14-15,18,20H,7,12-13H2,2H3/t18-/m0/s1. The maximum Gasteiger partial charge on any atom is 0.240 e. The van der Waals surface area contributed by atoms with E-state index in [1.54, 1.807) is 24.3 Å². The van der Waals surface area contributed by atoms with Gasteiger partial charge in [0.2, 0.25) is 10.0 Å². The second-order valence-corrected chi connectivity index (χ2v) is 7.28. The highest BCUT2D eigenvalue weighted by Crippen LogP contribution is 2.13. The molecule has 0 aliphatic carbocycles. The molecule has 4 heteroatoms. The molecule has 0 unspecified atom stereocenters. The number of rotatable bonds is 7. The van der Waals surface area contributed by atoms with Gasteiger partial charge in [0, 0.05) is 12.5 Å². The fraction of sp³-hybridized carbons (Fsp3) is 0.263. The lowest BCUT2D eigenvalue weighted by molar-refractivity contribution is 0.532. The highest BCUT2D eigenvalue weighted by molar-refractivity contribution is 7.89. The Morgan fingerprint density at radius 3 is 2.35 bits per heavy atom. The molecule has 0 saturated heterocycles. The second-order valence-electron chi connectivity index (χ2n) is 5.56. The van der Waals surface area contributed by atoms with Crippen LogP contribution in [0.25, 0.3) is 0 Å². The molecule has 0 aliphatic rings. The van der Waals surface area contributed by atoms with Crippen LogP contribution in [-0.2, 0) is 16.4 Å². The summed E-state index contributed by atoms with van der Waals surface area (Å²) in [7, 11) is -3.55.